The lowest BCUT2D eigenvalue weighted by atomic mass is 10.2. The summed E-state index contributed by atoms with van der Waals surface area (Å²) in [5.74, 6) is 0.873. The van der Waals surface area contributed by atoms with Crippen LogP contribution in [0.3, 0.4) is 0 Å². The molecule has 0 atom stereocenters. The minimum absolute atomic E-state index is 0.215. The number of amides is 1. The highest BCUT2D eigenvalue weighted by Gasteiger charge is 1.98. The summed E-state index contributed by atoms with van der Waals surface area (Å²) in [5.41, 5.74) is 5.04. The van der Waals surface area contributed by atoms with E-state index >= 15 is 0 Å². The van der Waals surface area contributed by atoms with E-state index in [-0.39, 0.29) is 5.91 Å². The number of carbonyl (C=O) groups excluding carboxylic acids is 1. The van der Waals surface area contributed by atoms with Crippen LogP contribution in [-0.2, 0) is 18.3 Å². The highest BCUT2D eigenvalue weighted by Crippen LogP contribution is 1.95. The number of primary amides is 1. The standard InChI is InChI=1S/C11H20N4O/c1-15-9-8-14-11(15)5-7-13-6-3-2-4-10(12)16/h8-9,13H,2-7H2,1H3,(H2,12,16). The molecule has 0 saturated heterocycles. The molecule has 0 unspecified atom stereocenters. The smallest absolute Gasteiger partial charge is 0.217 e. The topological polar surface area (TPSA) is 72.9 Å². The summed E-state index contributed by atoms with van der Waals surface area (Å²) < 4.78 is 2.02. The number of imidazole rings is 1. The molecule has 5 heteroatoms. The molecule has 0 radical (unpaired) electrons. The second kappa shape index (κ2) is 7.00. The van der Waals surface area contributed by atoms with Gasteiger partial charge in [0, 0.05) is 38.8 Å². The van der Waals surface area contributed by atoms with E-state index in [0.29, 0.717) is 6.42 Å². The number of aryl methyl sites for hydroxylation is 1. The molecule has 1 heterocycles. The molecule has 3 N–H and O–H groups in total. The van der Waals surface area contributed by atoms with Crippen molar-refractivity contribution in [3.05, 3.63) is 18.2 Å². The molecule has 90 valence electrons. The van der Waals surface area contributed by atoms with Gasteiger partial charge in [-0.05, 0) is 19.4 Å². The monoisotopic (exact) mass is 224 g/mol. The molecule has 0 spiro atoms. The van der Waals surface area contributed by atoms with Crippen molar-refractivity contribution >= 4 is 5.91 Å². The summed E-state index contributed by atoms with van der Waals surface area (Å²) in [7, 11) is 2.00. The van der Waals surface area contributed by atoms with Gasteiger partial charge in [-0.1, -0.05) is 0 Å². The van der Waals surface area contributed by atoms with E-state index in [1.54, 1.807) is 0 Å². The molecule has 0 aliphatic carbocycles. The molecule has 5 nitrogen and oxygen atoms in total. The number of rotatable bonds is 8. The van der Waals surface area contributed by atoms with Gasteiger partial charge in [-0.25, -0.2) is 4.98 Å². The quantitative estimate of drug-likeness (QED) is 0.620. The van der Waals surface area contributed by atoms with Crippen LogP contribution in [-0.4, -0.2) is 28.5 Å². The molecule has 0 aromatic carbocycles. The van der Waals surface area contributed by atoms with Crippen LogP contribution in [0.15, 0.2) is 12.4 Å². The first-order valence-corrected chi connectivity index (χ1v) is 5.65. The fourth-order valence-electron chi connectivity index (χ4n) is 1.51. The van der Waals surface area contributed by atoms with Gasteiger partial charge in [0.1, 0.15) is 5.82 Å². The molecule has 16 heavy (non-hydrogen) atoms. The van der Waals surface area contributed by atoms with Gasteiger partial charge in [0.05, 0.1) is 0 Å². The summed E-state index contributed by atoms with van der Waals surface area (Å²) in [6.45, 7) is 1.85. The zero-order valence-corrected chi connectivity index (χ0v) is 9.78. The number of hydrogen-bond acceptors (Lipinski definition) is 3. The Hall–Kier alpha value is -1.36. The van der Waals surface area contributed by atoms with Crippen LogP contribution in [0, 0.1) is 0 Å². The number of nitrogens with zero attached hydrogens (tertiary/aromatic N) is 2. The van der Waals surface area contributed by atoms with E-state index in [4.69, 9.17) is 5.73 Å². The second-order valence-electron chi connectivity index (χ2n) is 3.88. The second-order valence-corrected chi connectivity index (χ2v) is 3.88. The summed E-state index contributed by atoms with van der Waals surface area (Å²) in [6.07, 6.45) is 7.03. The van der Waals surface area contributed by atoms with Crippen LogP contribution in [0.25, 0.3) is 0 Å². The van der Waals surface area contributed by atoms with Gasteiger partial charge in [0.25, 0.3) is 0 Å². The predicted octanol–water partition coefficient (Wildman–Crippen LogP) is 0.208. The van der Waals surface area contributed by atoms with Crippen molar-refractivity contribution < 1.29 is 4.79 Å². The molecule has 1 aromatic rings. The molecule has 1 rings (SSSR count). The van der Waals surface area contributed by atoms with Crippen molar-refractivity contribution in [2.75, 3.05) is 13.1 Å². The van der Waals surface area contributed by atoms with Crippen LogP contribution in [0.4, 0.5) is 0 Å². The van der Waals surface area contributed by atoms with Crippen molar-refractivity contribution in [2.45, 2.75) is 25.7 Å². The Morgan fingerprint density at radius 2 is 2.31 bits per heavy atom. The highest BCUT2D eigenvalue weighted by molar-refractivity contribution is 5.73. The first-order chi connectivity index (χ1) is 7.70. The minimum atomic E-state index is -0.215. The molecule has 0 saturated carbocycles. The Morgan fingerprint density at radius 3 is 2.94 bits per heavy atom. The third-order valence-corrected chi connectivity index (χ3v) is 2.47. The Balaban J connectivity index is 1.96. The molecule has 0 bridgehead atoms. The first kappa shape index (κ1) is 12.7. The van der Waals surface area contributed by atoms with E-state index in [1.807, 2.05) is 24.0 Å². The third-order valence-electron chi connectivity index (χ3n) is 2.47. The van der Waals surface area contributed by atoms with E-state index in [1.165, 1.54) is 0 Å². The Bertz CT molecular complexity index is 322. The maximum atomic E-state index is 10.5. The lowest BCUT2D eigenvalue weighted by Gasteiger charge is -2.04. The van der Waals surface area contributed by atoms with Crippen molar-refractivity contribution in [1.29, 1.82) is 0 Å². The van der Waals surface area contributed by atoms with Crippen molar-refractivity contribution in [3.8, 4) is 0 Å². The molecule has 0 fully saturated rings. The zero-order chi connectivity index (χ0) is 11.8. The van der Waals surface area contributed by atoms with Crippen molar-refractivity contribution in [1.82, 2.24) is 14.9 Å². The molecule has 0 aliphatic rings. The summed E-state index contributed by atoms with van der Waals surface area (Å²) >= 11 is 0. The molecular formula is C11H20N4O. The largest absolute Gasteiger partial charge is 0.370 e. The molecular weight excluding hydrogens is 204 g/mol. The Labute approximate surface area is 96.0 Å². The van der Waals surface area contributed by atoms with Crippen LogP contribution in [0.5, 0.6) is 0 Å². The van der Waals surface area contributed by atoms with Gasteiger partial charge in [-0.3, -0.25) is 4.79 Å². The summed E-state index contributed by atoms with van der Waals surface area (Å²) in [4.78, 5) is 14.7. The van der Waals surface area contributed by atoms with Gasteiger partial charge in [-0.2, -0.15) is 0 Å². The van der Waals surface area contributed by atoms with E-state index in [0.717, 1.165) is 38.2 Å². The number of carbonyl (C=O) groups is 1. The lowest BCUT2D eigenvalue weighted by Crippen LogP contribution is -2.20. The maximum Gasteiger partial charge on any atom is 0.217 e. The number of nitrogens with two attached hydrogens (primary N) is 1. The van der Waals surface area contributed by atoms with Gasteiger partial charge >= 0.3 is 0 Å². The van der Waals surface area contributed by atoms with E-state index in [2.05, 4.69) is 10.3 Å². The van der Waals surface area contributed by atoms with Crippen LogP contribution in [0.2, 0.25) is 0 Å². The van der Waals surface area contributed by atoms with Gasteiger partial charge < -0.3 is 15.6 Å². The van der Waals surface area contributed by atoms with Gasteiger partial charge in [-0.15, -0.1) is 0 Å². The maximum absolute atomic E-state index is 10.5. The van der Waals surface area contributed by atoms with E-state index in [9.17, 15) is 4.79 Å². The zero-order valence-electron chi connectivity index (χ0n) is 9.78. The van der Waals surface area contributed by atoms with Crippen LogP contribution < -0.4 is 11.1 Å². The molecule has 1 amide bonds. The first-order valence-electron chi connectivity index (χ1n) is 5.65. The predicted molar refractivity (Wildman–Crippen MR) is 62.8 cm³/mol. The highest BCUT2D eigenvalue weighted by atomic mass is 16.1. The normalized spacial score (nSPS) is 10.6. The Morgan fingerprint density at radius 1 is 1.50 bits per heavy atom. The SMILES string of the molecule is Cn1ccnc1CCNCCCCC(N)=O. The number of aromatic nitrogens is 2. The summed E-state index contributed by atoms with van der Waals surface area (Å²) in [6, 6.07) is 0. The molecule has 0 aliphatic heterocycles. The average Bonchev–Trinajstić information content (AvgIpc) is 2.62. The number of hydrogen-bond donors (Lipinski definition) is 2. The van der Waals surface area contributed by atoms with E-state index < -0.39 is 0 Å². The number of nitrogens with one attached hydrogen (secondary N) is 1. The van der Waals surface area contributed by atoms with Gasteiger partial charge in [0.15, 0.2) is 0 Å². The minimum Gasteiger partial charge on any atom is -0.370 e. The number of unbranched alkanes of at least 4 members (excludes halogenated alkanes) is 1. The fraction of sp³-hybridized carbons (Fsp3) is 0.636. The lowest BCUT2D eigenvalue weighted by molar-refractivity contribution is -0.118. The average molecular weight is 224 g/mol. The van der Waals surface area contributed by atoms with Crippen LogP contribution in [0.1, 0.15) is 25.1 Å². The van der Waals surface area contributed by atoms with Gasteiger partial charge in [0.2, 0.25) is 5.91 Å². The third kappa shape index (κ3) is 4.93. The van der Waals surface area contributed by atoms with Crippen LogP contribution >= 0.6 is 0 Å². The Kier molecular flexibility index (Phi) is 5.56. The van der Waals surface area contributed by atoms with Crippen molar-refractivity contribution in [3.63, 3.8) is 0 Å². The fourth-order valence-corrected chi connectivity index (χ4v) is 1.51. The molecule has 1 aromatic heterocycles. The summed E-state index contributed by atoms with van der Waals surface area (Å²) in [5, 5.41) is 3.32. The van der Waals surface area contributed by atoms with Crippen molar-refractivity contribution in [2.24, 2.45) is 12.8 Å².